The summed E-state index contributed by atoms with van der Waals surface area (Å²) in [7, 11) is 1.09. The molecule has 3 N–H and O–H groups in total. The van der Waals surface area contributed by atoms with Crippen LogP contribution in [0.25, 0.3) is 0 Å². The number of carbonyl (C=O) groups is 4. The summed E-state index contributed by atoms with van der Waals surface area (Å²) in [6.45, 7) is 8.92. The van der Waals surface area contributed by atoms with Crippen LogP contribution < -0.4 is 0 Å². The Balaban J connectivity index is 1.63. The predicted molar refractivity (Wildman–Crippen MR) is 131 cm³/mol. The molecular formula is C28H36O11. The van der Waals surface area contributed by atoms with Crippen molar-refractivity contribution in [3.63, 3.8) is 0 Å². The smallest absolute Gasteiger partial charge is 0.341 e. The molecule has 0 aromatic carbocycles. The fourth-order valence-electron chi connectivity index (χ4n) is 8.37. The minimum atomic E-state index is -2.18. The molecule has 11 heteroatoms. The number of hydrogen-bond acceptors (Lipinski definition) is 11. The molecule has 2 saturated carbocycles. The van der Waals surface area contributed by atoms with Gasteiger partial charge in [-0.1, -0.05) is 26.3 Å². The van der Waals surface area contributed by atoms with Crippen LogP contribution in [0.5, 0.6) is 0 Å². The van der Waals surface area contributed by atoms with E-state index in [1.807, 2.05) is 13.8 Å². The van der Waals surface area contributed by atoms with Gasteiger partial charge in [0, 0.05) is 23.8 Å². The van der Waals surface area contributed by atoms with Gasteiger partial charge in [-0.2, -0.15) is 0 Å². The van der Waals surface area contributed by atoms with Crippen molar-refractivity contribution in [3.8, 4) is 0 Å². The van der Waals surface area contributed by atoms with E-state index in [2.05, 4.69) is 0 Å². The average Bonchev–Trinajstić information content (AvgIpc) is 3.18. The molecule has 1 spiro atoms. The van der Waals surface area contributed by atoms with Gasteiger partial charge in [0.2, 0.25) is 0 Å². The van der Waals surface area contributed by atoms with E-state index < -0.39 is 82.3 Å². The van der Waals surface area contributed by atoms with Gasteiger partial charge in [-0.25, -0.2) is 14.4 Å². The van der Waals surface area contributed by atoms with Crippen molar-refractivity contribution in [2.24, 2.45) is 34.5 Å². The second-order valence-electron chi connectivity index (χ2n) is 12.3. The van der Waals surface area contributed by atoms with Crippen LogP contribution in [0, 0.1) is 34.5 Å². The number of ether oxygens (including phenoxy) is 4. The van der Waals surface area contributed by atoms with Crippen LogP contribution in [-0.4, -0.2) is 82.7 Å². The monoisotopic (exact) mass is 548 g/mol. The first kappa shape index (κ1) is 27.9. The highest BCUT2D eigenvalue weighted by Crippen LogP contribution is 2.72. The number of esters is 3. The second kappa shape index (κ2) is 8.95. The highest BCUT2D eigenvalue weighted by atomic mass is 16.6. The Bertz CT molecular complexity index is 1200. The molecule has 0 radical (unpaired) electrons. The minimum absolute atomic E-state index is 0.0811. The van der Waals surface area contributed by atoms with Crippen LogP contribution in [0.1, 0.15) is 47.5 Å². The van der Waals surface area contributed by atoms with Crippen LogP contribution >= 0.6 is 0 Å². The molecule has 214 valence electrons. The molecule has 2 bridgehead atoms. The molecule has 2 heterocycles. The van der Waals surface area contributed by atoms with Gasteiger partial charge in [0.25, 0.3) is 0 Å². The maximum absolute atomic E-state index is 13.5. The predicted octanol–water partition coefficient (Wildman–Crippen LogP) is 0.587. The molecule has 4 fully saturated rings. The lowest BCUT2D eigenvalue weighted by Gasteiger charge is -2.67. The van der Waals surface area contributed by atoms with Gasteiger partial charge < -0.3 is 34.3 Å². The first-order chi connectivity index (χ1) is 18.2. The lowest BCUT2D eigenvalue weighted by atomic mass is 9.38. The molecule has 2 unspecified atom stereocenters. The number of aliphatic hydroxyl groups is 3. The lowest BCUT2D eigenvalue weighted by Crippen LogP contribution is -2.79. The SMILES string of the molecule is COC(=O)[C@@]12OC[C@]34C([C@@H](O)[C@H]1O)[C@@]1(C)CC(=O)C(OC(=O)/C=C(\C)C(C)C)=C(C)[C@@H]1C[C@H]3OC(=O)[C@H](O)C42. The van der Waals surface area contributed by atoms with E-state index in [4.69, 9.17) is 18.9 Å². The first-order valence-corrected chi connectivity index (χ1v) is 13.3. The summed E-state index contributed by atoms with van der Waals surface area (Å²) in [5.41, 5.74) is -3.22. The zero-order valence-electron chi connectivity index (χ0n) is 22.9. The molecule has 0 aromatic rings. The maximum Gasteiger partial charge on any atom is 0.341 e. The average molecular weight is 549 g/mol. The van der Waals surface area contributed by atoms with Crippen molar-refractivity contribution in [2.45, 2.75) is 77.5 Å². The van der Waals surface area contributed by atoms with Crippen molar-refractivity contribution in [1.29, 1.82) is 0 Å². The number of hydrogen-bond donors (Lipinski definition) is 3. The summed E-state index contributed by atoms with van der Waals surface area (Å²) in [5.74, 6) is -5.75. The zero-order chi connectivity index (χ0) is 28.8. The van der Waals surface area contributed by atoms with Crippen molar-refractivity contribution in [1.82, 2.24) is 0 Å². The van der Waals surface area contributed by atoms with Gasteiger partial charge in [0.05, 0.1) is 25.7 Å². The Kier molecular flexibility index (Phi) is 6.42. The molecule has 11 nitrogen and oxygen atoms in total. The molecule has 0 amide bonds. The van der Waals surface area contributed by atoms with Crippen molar-refractivity contribution < 1.29 is 53.4 Å². The van der Waals surface area contributed by atoms with Crippen LogP contribution in [-0.2, 0) is 38.1 Å². The number of rotatable bonds is 4. The van der Waals surface area contributed by atoms with Gasteiger partial charge in [0.15, 0.2) is 23.2 Å². The third-order valence-electron chi connectivity index (χ3n) is 10.3. The summed E-state index contributed by atoms with van der Waals surface area (Å²) in [5, 5.41) is 34.1. The van der Waals surface area contributed by atoms with Crippen molar-refractivity contribution in [2.75, 3.05) is 13.7 Å². The molecule has 2 aliphatic heterocycles. The van der Waals surface area contributed by atoms with E-state index in [-0.39, 0.29) is 31.1 Å². The number of allylic oxidation sites excluding steroid dienone is 3. The summed E-state index contributed by atoms with van der Waals surface area (Å²) in [6, 6.07) is 0. The third kappa shape index (κ3) is 3.42. The van der Waals surface area contributed by atoms with Gasteiger partial charge in [-0.05, 0) is 43.1 Å². The topological polar surface area (TPSA) is 166 Å². The quantitative estimate of drug-likeness (QED) is 0.256. The van der Waals surface area contributed by atoms with E-state index in [1.54, 1.807) is 20.8 Å². The molecular weight excluding hydrogens is 512 g/mol. The van der Waals surface area contributed by atoms with Gasteiger partial charge in [-0.15, -0.1) is 0 Å². The fraction of sp³-hybridized carbons (Fsp3) is 0.714. The number of methoxy groups -OCH3 is 1. The minimum Gasteiger partial charge on any atom is -0.467 e. The summed E-state index contributed by atoms with van der Waals surface area (Å²) >= 11 is 0. The Morgan fingerprint density at radius 1 is 1.15 bits per heavy atom. The third-order valence-corrected chi connectivity index (χ3v) is 10.3. The summed E-state index contributed by atoms with van der Waals surface area (Å²) < 4.78 is 22.2. The Hall–Kier alpha value is -2.60. The van der Waals surface area contributed by atoms with E-state index >= 15 is 0 Å². The van der Waals surface area contributed by atoms with Gasteiger partial charge in [-0.3, -0.25) is 4.79 Å². The normalized spacial score (nSPS) is 45.0. The van der Waals surface area contributed by atoms with E-state index in [0.29, 0.717) is 5.57 Å². The van der Waals surface area contributed by atoms with Gasteiger partial charge >= 0.3 is 17.9 Å². The Labute approximate surface area is 226 Å². The van der Waals surface area contributed by atoms with Crippen molar-refractivity contribution >= 4 is 23.7 Å². The lowest BCUT2D eigenvalue weighted by molar-refractivity contribution is -0.289. The standard InChI is InChI=1S/C28H36O11/c1-11(2)12(3)7-17(30)39-20-13(4)14-8-16-27-10-37-28(25(35)36-6,22(27)19(32)24(34)38-16)23(33)18(31)21(27)26(14,5)9-15(20)29/h7,11,14,16,18-19,21-23,31-33H,8-10H2,1-6H3/b12-7+/t14-,16+,18+,19+,21?,22?,23+,26-,27+,28-/m0/s1. The first-order valence-electron chi connectivity index (χ1n) is 13.3. The number of aliphatic hydroxyl groups excluding tert-OH is 3. The zero-order valence-corrected chi connectivity index (χ0v) is 22.9. The molecule has 3 aliphatic carbocycles. The van der Waals surface area contributed by atoms with E-state index in [0.717, 1.165) is 12.7 Å². The van der Waals surface area contributed by atoms with E-state index in [9.17, 15) is 34.5 Å². The molecule has 5 aliphatic rings. The van der Waals surface area contributed by atoms with Crippen molar-refractivity contribution in [3.05, 3.63) is 23.0 Å². The van der Waals surface area contributed by atoms with Crippen LogP contribution in [0.2, 0.25) is 0 Å². The molecule has 10 atom stereocenters. The Morgan fingerprint density at radius 3 is 2.44 bits per heavy atom. The molecule has 0 aromatic heterocycles. The number of carbonyl (C=O) groups excluding carboxylic acids is 4. The van der Waals surface area contributed by atoms with Crippen LogP contribution in [0.4, 0.5) is 0 Å². The van der Waals surface area contributed by atoms with E-state index in [1.165, 1.54) is 6.08 Å². The fourth-order valence-corrected chi connectivity index (χ4v) is 8.37. The highest BCUT2D eigenvalue weighted by molar-refractivity contribution is 5.99. The number of Topliss-reactive ketones (excluding diaryl/α,β-unsaturated/α-hetero) is 1. The second-order valence-corrected chi connectivity index (χ2v) is 12.3. The number of ketones is 1. The molecule has 2 saturated heterocycles. The summed E-state index contributed by atoms with van der Waals surface area (Å²) in [6.07, 6.45) is -4.80. The van der Waals surface area contributed by atoms with Gasteiger partial charge in [0.1, 0.15) is 12.2 Å². The summed E-state index contributed by atoms with van der Waals surface area (Å²) in [4.78, 5) is 52.1. The maximum atomic E-state index is 13.5. The molecule has 39 heavy (non-hydrogen) atoms. The van der Waals surface area contributed by atoms with Crippen LogP contribution in [0.3, 0.4) is 0 Å². The Morgan fingerprint density at radius 2 is 1.82 bits per heavy atom. The largest absolute Gasteiger partial charge is 0.467 e. The molecule has 5 rings (SSSR count). The highest BCUT2D eigenvalue weighted by Gasteiger charge is 2.84. The van der Waals surface area contributed by atoms with Crippen LogP contribution in [0.15, 0.2) is 23.0 Å². The number of fused-ring (bicyclic) bond motifs is 2.